The van der Waals surface area contributed by atoms with Gasteiger partial charge in [-0.2, -0.15) is 0 Å². The molecule has 0 atom stereocenters. The Morgan fingerprint density at radius 2 is 0.619 bits per heavy atom. The van der Waals surface area contributed by atoms with Crippen molar-refractivity contribution >= 4 is 117 Å². The van der Waals surface area contributed by atoms with Gasteiger partial charge >= 0.3 is 0 Å². The predicted octanol–water partition coefficient (Wildman–Crippen LogP) is 28.5. The quantitative estimate of drug-likeness (QED) is 0.174. The summed E-state index contributed by atoms with van der Waals surface area (Å²) >= 11 is 0. The number of anilines is 5. The van der Waals surface area contributed by atoms with E-state index < -0.39 is 39.5 Å². The van der Waals surface area contributed by atoms with Crippen LogP contribution in [-0.2, 0) is 16.2 Å². The van der Waals surface area contributed by atoms with Crippen LogP contribution in [0.2, 0.25) is 0 Å². The third-order valence-electron chi connectivity index (χ3n) is 24.8. The van der Waals surface area contributed by atoms with E-state index in [-0.39, 0.29) is 33.1 Å². The summed E-state index contributed by atoms with van der Waals surface area (Å²) in [5.41, 5.74) is 28.9. The minimum absolute atomic E-state index is 0.125. The number of aromatic nitrogens is 3. The SMILES string of the molecule is [2H]C([2H])([2H])c1ccc2c(c1)c1cc(C([2H])([2H])[2H])ccc1n2-c1ccc2c(c1)Nc1c(-c3ccccc3)cc(C(C)(C)C)cc1-c1cccc(c1)-c1ccc3c(c1)c1cc(ccc1n3-c1ccccc1)-c1cccc(c1)-c1cc(C(C)(C)C)cc(-c3ccccc3)c1N1c3cc(-n4c5ccc(C([2H])([2H])[2H])cc5c5cc(C([2H])([2H])[2H])ccc54)ccc3B2c2ccc(C(C)(C)C)cc21. The summed E-state index contributed by atoms with van der Waals surface area (Å²) in [6.07, 6.45) is 0. The maximum absolute atomic E-state index is 8.79. The zero-order chi connectivity index (χ0) is 90.5. The van der Waals surface area contributed by atoms with E-state index in [1.165, 1.54) is 0 Å². The molecule has 0 fully saturated rings. The van der Waals surface area contributed by atoms with Gasteiger partial charge in [-0.05, 0) is 273 Å². The summed E-state index contributed by atoms with van der Waals surface area (Å²) < 4.78 is 112. The van der Waals surface area contributed by atoms with Crippen LogP contribution in [0.1, 0.15) is 118 Å². The lowest BCUT2D eigenvalue weighted by atomic mass is 9.34. The van der Waals surface area contributed by atoms with Gasteiger partial charge in [-0.15, -0.1) is 0 Å². The molecule has 3 aliphatic rings. The summed E-state index contributed by atoms with van der Waals surface area (Å²) in [6.45, 7) is 9.83. The van der Waals surface area contributed by atoms with Crippen LogP contribution in [0.4, 0.5) is 28.4 Å². The van der Waals surface area contributed by atoms with E-state index in [1.54, 1.807) is 48.5 Å². The monoisotopic (exact) mass is 1530 g/mol. The Morgan fingerprint density at radius 3 is 1.09 bits per heavy atom. The van der Waals surface area contributed by atoms with Crippen molar-refractivity contribution in [1.82, 2.24) is 13.7 Å². The second-order valence-corrected chi connectivity index (χ2v) is 35.4. The number of nitrogens with one attached hydrogen (secondary N) is 1. The Kier molecular flexibility index (Phi) is 13.8. The van der Waals surface area contributed by atoms with Crippen LogP contribution < -0.4 is 26.6 Å². The molecule has 570 valence electrons. The van der Waals surface area contributed by atoms with Crippen LogP contribution in [-0.4, -0.2) is 20.4 Å². The number of para-hydroxylation sites is 1. The van der Waals surface area contributed by atoms with E-state index in [1.807, 2.05) is 24.3 Å². The molecule has 0 spiro atoms. The van der Waals surface area contributed by atoms with E-state index >= 15 is 0 Å². The Morgan fingerprint density at radius 1 is 0.263 bits per heavy atom. The van der Waals surface area contributed by atoms with Crippen LogP contribution in [0.25, 0.3) is 149 Å². The van der Waals surface area contributed by atoms with E-state index in [0.717, 1.165) is 161 Å². The molecule has 3 aromatic heterocycles. The molecule has 3 aliphatic heterocycles. The van der Waals surface area contributed by atoms with Crippen molar-refractivity contribution in [2.75, 3.05) is 10.2 Å². The Bertz CT molecular complexity index is 7730. The van der Waals surface area contributed by atoms with Crippen molar-refractivity contribution in [3.63, 3.8) is 0 Å². The second-order valence-electron chi connectivity index (χ2n) is 35.4. The Hall–Kier alpha value is -13.4. The lowest BCUT2D eigenvalue weighted by molar-refractivity contribution is 0.590. The molecular weight excluding hydrogens is 1430 g/mol. The number of nitrogens with zero attached hydrogens (tertiary/aromatic N) is 4. The average Bonchev–Trinajstić information content (AvgIpc) is 0.867. The predicted molar refractivity (Wildman–Crippen MR) is 506 cm³/mol. The van der Waals surface area contributed by atoms with Gasteiger partial charge < -0.3 is 23.9 Å². The van der Waals surface area contributed by atoms with Crippen molar-refractivity contribution in [3.05, 3.63) is 367 Å². The fraction of sp³-hybridized carbons (Fsp3) is 0.143. The molecule has 19 aromatic rings. The first-order valence-corrected chi connectivity index (χ1v) is 40.9. The minimum Gasteiger partial charge on any atom is -0.355 e. The highest BCUT2D eigenvalue weighted by atomic mass is 15.2. The Balaban J connectivity index is 0.949. The molecule has 0 amide bonds. The molecule has 0 saturated carbocycles. The van der Waals surface area contributed by atoms with Crippen molar-refractivity contribution in [2.24, 2.45) is 0 Å². The highest BCUT2D eigenvalue weighted by Crippen LogP contribution is 2.53. The summed E-state index contributed by atoms with van der Waals surface area (Å²) in [4.78, 5) is 2.52. The first kappa shape index (κ1) is 60.2. The second kappa shape index (κ2) is 27.1. The van der Waals surface area contributed by atoms with Gasteiger partial charge in [-0.3, -0.25) is 0 Å². The molecule has 0 unspecified atom stereocenters. The number of hydrogen-bond donors (Lipinski definition) is 1. The smallest absolute Gasteiger partial charge is 0.249 e. The first-order valence-electron chi connectivity index (χ1n) is 46.9. The summed E-state index contributed by atoms with van der Waals surface area (Å²) in [5.74, 6) is 0. The zero-order valence-electron chi connectivity index (χ0n) is 79.5. The highest BCUT2D eigenvalue weighted by molar-refractivity contribution is 6.99. The third kappa shape index (κ3) is 12.0. The summed E-state index contributed by atoms with van der Waals surface area (Å²) in [6, 6.07) is 114. The van der Waals surface area contributed by atoms with E-state index in [9.17, 15) is 0 Å². The molecule has 0 aliphatic carbocycles. The molecular formula is C112H94BN5. The van der Waals surface area contributed by atoms with Crippen LogP contribution >= 0.6 is 0 Å². The van der Waals surface area contributed by atoms with Crippen molar-refractivity contribution < 1.29 is 16.4 Å². The topological polar surface area (TPSA) is 30.1 Å². The molecule has 118 heavy (non-hydrogen) atoms. The van der Waals surface area contributed by atoms with Gasteiger partial charge in [-0.25, -0.2) is 0 Å². The van der Waals surface area contributed by atoms with Crippen LogP contribution in [0.5, 0.6) is 0 Å². The molecule has 0 saturated heterocycles. The van der Waals surface area contributed by atoms with Gasteiger partial charge in [-0.1, -0.05) is 260 Å². The van der Waals surface area contributed by atoms with Crippen LogP contribution in [0, 0.1) is 27.4 Å². The zero-order valence-corrected chi connectivity index (χ0v) is 67.5. The maximum atomic E-state index is 8.79. The molecule has 5 nitrogen and oxygen atoms in total. The van der Waals surface area contributed by atoms with E-state index in [0.29, 0.717) is 49.3 Å². The lowest BCUT2D eigenvalue weighted by Crippen LogP contribution is -2.58. The molecule has 16 aromatic carbocycles. The summed E-state index contributed by atoms with van der Waals surface area (Å²) in [7, 11) is 0. The van der Waals surface area contributed by atoms with Crippen molar-refractivity contribution in [2.45, 2.75) is 106 Å². The number of benzene rings is 16. The van der Waals surface area contributed by atoms with Gasteiger partial charge in [0.2, 0.25) is 6.71 Å². The number of rotatable bonds is 5. The Labute approximate surface area is 709 Å². The lowest BCUT2D eigenvalue weighted by Gasteiger charge is -2.41. The van der Waals surface area contributed by atoms with Gasteiger partial charge in [0.15, 0.2) is 0 Å². The molecule has 6 heterocycles. The van der Waals surface area contributed by atoms with E-state index in [2.05, 4.69) is 341 Å². The van der Waals surface area contributed by atoms with E-state index in [4.69, 9.17) is 16.4 Å². The standard InChI is InChI=1S/C112H94BN5/c1-68-35-47-100-90(53-68)91-54-69(2)36-48-101(91)116(100)84-42-45-96-99(66-84)114-108-86(72-25-17-14-18-26-72)61-81(111(8,9)10)62-87(108)78-31-23-29-74(57-78)76-39-51-104-94(59-76)95-60-77(40-52-105(95)115(104)83-33-21-16-22-34-83)75-30-24-32-79(58-75)89-64-82(112(11,12)13)63-88(73-27-19-15-20-28-73)109(89)118-106-65-80(110(5,6)7)41-44-97(106)113(96)98-46-43-85(67-107(98)118)117-102-49-37-70(3)55-92(102)93-56-71(4)38-50-103(93)117/h14-67,114H,1-13H3/i1D3,2D3,3D3,4D3. The fourth-order valence-corrected chi connectivity index (χ4v) is 18.8. The summed E-state index contributed by atoms with van der Waals surface area (Å²) in [5, 5.41) is 8.97. The number of hydrogen-bond acceptors (Lipinski definition) is 2. The van der Waals surface area contributed by atoms with Gasteiger partial charge in [0.05, 0.1) is 44.5 Å². The highest BCUT2D eigenvalue weighted by Gasteiger charge is 2.41. The van der Waals surface area contributed by atoms with Gasteiger partial charge in [0.25, 0.3) is 0 Å². The van der Waals surface area contributed by atoms with Crippen molar-refractivity contribution in [3.8, 4) is 83.8 Å². The largest absolute Gasteiger partial charge is 0.355 e. The number of aryl methyl sites for hydroxylation is 4. The van der Waals surface area contributed by atoms with Crippen LogP contribution in [0.15, 0.2) is 328 Å². The van der Waals surface area contributed by atoms with Gasteiger partial charge in [0, 0.05) is 105 Å². The fourth-order valence-electron chi connectivity index (χ4n) is 18.8. The average molecular weight is 1530 g/mol. The first-order chi connectivity index (χ1) is 61.8. The van der Waals surface area contributed by atoms with Gasteiger partial charge in [0.1, 0.15) is 0 Å². The molecule has 22 rings (SSSR count). The molecule has 6 heteroatoms. The minimum atomic E-state index is -2.49. The van der Waals surface area contributed by atoms with Crippen molar-refractivity contribution in [1.29, 1.82) is 0 Å². The molecule has 0 radical (unpaired) electrons. The molecule has 10 bridgehead atoms. The van der Waals surface area contributed by atoms with Crippen LogP contribution in [0.3, 0.4) is 0 Å². The number of fused-ring (bicyclic) bond motifs is 6. The molecule has 1 N–H and O–H groups in total. The maximum Gasteiger partial charge on any atom is 0.249 e. The normalized spacial score (nSPS) is 14.8. The third-order valence-corrected chi connectivity index (χ3v) is 24.8.